The molecule has 0 aliphatic rings. The summed E-state index contributed by atoms with van der Waals surface area (Å²) in [5.41, 5.74) is 0. The van der Waals surface area contributed by atoms with Crippen LogP contribution in [0.25, 0.3) is 10.8 Å². The third-order valence-corrected chi connectivity index (χ3v) is 2.82. The molecule has 0 aromatic heterocycles. The first-order valence-corrected chi connectivity index (χ1v) is 5.86. The maximum Gasteiger partial charge on any atom is 0.127 e. The molecular weight excluding hydrogens is 210 g/mol. The summed E-state index contributed by atoms with van der Waals surface area (Å²) in [7, 11) is 0. The van der Waals surface area contributed by atoms with E-state index in [4.69, 9.17) is 10.00 Å². The van der Waals surface area contributed by atoms with E-state index in [0.29, 0.717) is 6.42 Å². The lowest BCUT2D eigenvalue weighted by atomic mass is 10.1. The Hall–Kier alpha value is -2.01. The smallest absolute Gasteiger partial charge is 0.127 e. The fraction of sp³-hybridized carbons (Fsp3) is 0.267. The molecule has 2 aromatic rings. The van der Waals surface area contributed by atoms with Crippen LogP contribution in [0.3, 0.4) is 0 Å². The van der Waals surface area contributed by atoms with Crippen LogP contribution in [-0.2, 0) is 0 Å². The lowest BCUT2D eigenvalue weighted by Crippen LogP contribution is -2.14. The second-order valence-electron chi connectivity index (χ2n) is 3.99. The predicted octanol–water partition coefficient (Wildman–Crippen LogP) is 3.91. The molecule has 0 aliphatic heterocycles. The fourth-order valence-electron chi connectivity index (χ4n) is 1.85. The van der Waals surface area contributed by atoms with Gasteiger partial charge in [0.2, 0.25) is 0 Å². The molecule has 2 aromatic carbocycles. The quantitative estimate of drug-likeness (QED) is 0.790. The second kappa shape index (κ2) is 5.36. The SMILES string of the molecule is CCC(CC#N)Oc1cccc2ccccc12. The number of hydrogen-bond acceptors (Lipinski definition) is 2. The van der Waals surface area contributed by atoms with Crippen LogP contribution in [0.1, 0.15) is 19.8 Å². The Bertz CT molecular complexity index is 537. The maximum atomic E-state index is 8.73. The van der Waals surface area contributed by atoms with E-state index in [9.17, 15) is 0 Å². The van der Waals surface area contributed by atoms with Crippen LogP contribution in [0.5, 0.6) is 5.75 Å². The van der Waals surface area contributed by atoms with Gasteiger partial charge in [0.25, 0.3) is 0 Å². The molecule has 0 spiro atoms. The number of nitrogens with zero attached hydrogens (tertiary/aromatic N) is 1. The molecule has 0 N–H and O–H groups in total. The fourth-order valence-corrected chi connectivity index (χ4v) is 1.85. The highest BCUT2D eigenvalue weighted by Gasteiger charge is 2.09. The van der Waals surface area contributed by atoms with Gasteiger partial charge in [0.15, 0.2) is 0 Å². The van der Waals surface area contributed by atoms with Crippen molar-refractivity contribution < 1.29 is 4.74 Å². The van der Waals surface area contributed by atoms with Gasteiger partial charge in [0.05, 0.1) is 12.5 Å². The predicted molar refractivity (Wildman–Crippen MR) is 68.9 cm³/mol. The Morgan fingerprint density at radius 1 is 1.18 bits per heavy atom. The van der Waals surface area contributed by atoms with Gasteiger partial charge in [-0.25, -0.2) is 0 Å². The topological polar surface area (TPSA) is 33.0 Å². The molecule has 2 heteroatoms. The molecule has 0 saturated heterocycles. The third-order valence-electron chi connectivity index (χ3n) is 2.82. The van der Waals surface area contributed by atoms with Crippen molar-refractivity contribution in [3.63, 3.8) is 0 Å². The second-order valence-corrected chi connectivity index (χ2v) is 3.99. The molecule has 2 rings (SSSR count). The van der Waals surface area contributed by atoms with E-state index in [2.05, 4.69) is 18.2 Å². The first-order chi connectivity index (χ1) is 8.35. The molecule has 86 valence electrons. The maximum absolute atomic E-state index is 8.73. The van der Waals surface area contributed by atoms with Gasteiger partial charge in [-0.3, -0.25) is 0 Å². The third kappa shape index (κ3) is 2.57. The molecular formula is C15H15NO. The Balaban J connectivity index is 2.32. The van der Waals surface area contributed by atoms with E-state index in [1.165, 1.54) is 0 Å². The molecule has 0 saturated carbocycles. The summed E-state index contributed by atoms with van der Waals surface area (Å²) in [5.74, 6) is 0.866. The van der Waals surface area contributed by atoms with E-state index in [-0.39, 0.29) is 6.10 Å². The van der Waals surface area contributed by atoms with Crippen LogP contribution in [0.15, 0.2) is 42.5 Å². The minimum Gasteiger partial charge on any atom is -0.489 e. The minimum atomic E-state index is -0.0224. The summed E-state index contributed by atoms with van der Waals surface area (Å²) in [4.78, 5) is 0. The number of benzene rings is 2. The molecule has 0 heterocycles. The van der Waals surface area contributed by atoms with Crippen LogP contribution in [0, 0.1) is 11.3 Å². The van der Waals surface area contributed by atoms with Gasteiger partial charge in [-0.2, -0.15) is 5.26 Å². The van der Waals surface area contributed by atoms with Gasteiger partial charge >= 0.3 is 0 Å². The van der Waals surface area contributed by atoms with Crippen molar-refractivity contribution in [1.29, 1.82) is 5.26 Å². The van der Waals surface area contributed by atoms with Crippen molar-refractivity contribution in [2.45, 2.75) is 25.9 Å². The summed E-state index contributed by atoms with van der Waals surface area (Å²) in [6, 6.07) is 16.3. The van der Waals surface area contributed by atoms with Gasteiger partial charge in [-0.1, -0.05) is 43.3 Å². The van der Waals surface area contributed by atoms with Gasteiger partial charge < -0.3 is 4.74 Å². The zero-order valence-corrected chi connectivity index (χ0v) is 9.89. The van der Waals surface area contributed by atoms with E-state index < -0.39 is 0 Å². The Kier molecular flexibility index (Phi) is 3.62. The zero-order chi connectivity index (χ0) is 12.1. The van der Waals surface area contributed by atoms with Crippen molar-refractivity contribution in [2.75, 3.05) is 0 Å². The summed E-state index contributed by atoms with van der Waals surface area (Å²) < 4.78 is 5.89. The van der Waals surface area contributed by atoms with Crippen LogP contribution in [0.2, 0.25) is 0 Å². The van der Waals surface area contributed by atoms with Gasteiger partial charge in [-0.05, 0) is 17.9 Å². The standard InChI is InChI=1S/C15H15NO/c1-2-13(10-11-16)17-15-9-5-7-12-6-3-4-8-14(12)15/h3-9,13H,2,10H2,1H3. The van der Waals surface area contributed by atoms with E-state index in [1.54, 1.807) is 0 Å². The van der Waals surface area contributed by atoms with Crippen molar-refractivity contribution >= 4 is 10.8 Å². The highest BCUT2D eigenvalue weighted by molar-refractivity contribution is 5.88. The van der Waals surface area contributed by atoms with E-state index in [1.807, 2.05) is 37.3 Å². The molecule has 1 unspecified atom stereocenters. The monoisotopic (exact) mass is 225 g/mol. The largest absolute Gasteiger partial charge is 0.489 e. The van der Waals surface area contributed by atoms with E-state index >= 15 is 0 Å². The number of fused-ring (bicyclic) bond motifs is 1. The van der Waals surface area contributed by atoms with Gasteiger partial charge in [0, 0.05) is 5.39 Å². The van der Waals surface area contributed by atoms with Crippen molar-refractivity contribution in [3.8, 4) is 11.8 Å². The van der Waals surface area contributed by atoms with Crippen molar-refractivity contribution in [1.82, 2.24) is 0 Å². The number of nitriles is 1. The molecule has 0 aliphatic carbocycles. The molecule has 0 radical (unpaired) electrons. The Morgan fingerprint density at radius 2 is 1.94 bits per heavy atom. The molecule has 17 heavy (non-hydrogen) atoms. The Morgan fingerprint density at radius 3 is 2.71 bits per heavy atom. The van der Waals surface area contributed by atoms with Crippen molar-refractivity contribution in [2.24, 2.45) is 0 Å². The first kappa shape index (κ1) is 11.5. The van der Waals surface area contributed by atoms with Gasteiger partial charge in [-0.15, -0.1) is 0 Å². The van der Waals surface area contributed by atoms with Gasteiger partial charge in [0.1, 0.15) is 11.9 Å². The number of hydrogen-bond donors (Lipinski definition) is 0. The molecule has 1 atom stereocenters. The highest BCUT2D eigenvalue weighted by Crippen LogP contribution is 2.26. The lowest BCUT2D eigenvalue weighted by molar-refractivity contribution is 0.205. The van der Waals surface area contributed by atoms with Crippen LogP contribution >= 0.6 is 0 Å². The molecule has 0 amide bonds. The summed E-state index contributed by atoms with van der Waals surface area (Å²) >= 11 is 0. The molecule has 2 nitrogen and oxygen atoms in total. The minimum absolute atomic E-state index is 0.0224. The van der Waals surface area contributed by atoms with Crippen molar-refractivity contribution in [3.05, 3.63) is 42.5 Å². The lowest BCUT2D eigenvalue weighted by Gasteiger charge is -2.16. The summed E-state index contributed by atoms with van der Waals surface area (Å²) in [5, 5.41) is 11.0. The molecule has 0 fully saturated rings. The number of ether oxygens (including phenoxy) is 1. The summed E-state index contributed by atoms with van der Waals surface area (Å²) in [6.07, 6.45) is 1.25. The van der Waals surface area contributed by atoms with E-state index in [0.717, 1.165) is 22.9 Å². The van der Waals surface area contributed by atoms with Crippen LogP contribution in [0.4, 0.5) is 0 Å². The summed E-state index contributed by atoms with van der Waals surface area (Å²) in [6.45, 7) is 2.03. The molecule has 0 bridgehead atoms. The average molecular weight is 225 g/mol. The zero-order valence-electron chi connectivity index (χ0n) is 9.89. The normalized spacial score (nSPS) is 12.0. The average Bonchev–Trinajstić information content (AvgIpc) is 2.38. The van der Waals surface area contributed by atoms with Crippen LogP contribution in [-0.4, -0.2) is 6.10 Å². The highest BCUT2D eigenvalue weighted by atomic mass is 16.5. The number of rotatable bonds is 4. The van der Waals surface area contributed by atoms with Crippen LogP contribution < -0.4 is 4.74 Å². The first-order valence-electron chi connectivity index (χ1n) is 5.86. The Labute approximate surface area is 101 Å².